The third kappa shape index (κ3) is 2.99. The van der Waals surface area contributed by atoms with Gasteiger partial charge in [-0.05, 0) is 18.1 Å². The number of rotatable bonds is 5. The number of nitrogens with one attached hydrogen (secondary N) is 2. The Morgan fingerprint density at radius 3 is 2.59 bits per heavy atom. The summed E-state index contributed by atoms with van der Waals surface area (Å²) in [6.45, 7) is 2.11. The predicted molar refractivity (Wildman–Crippen MR) is 90.9 cm³/mol. The van der Waals surface area contributed by atoms with E-state index in [4.69, 9.17) is 5.73 Å². The van der Waals surface area contributed by atoms with E-state index in [0.29, 0.717) is 17.3 Å². The number of para-hydroxylation sites is 1. The zero-order valence-corrected chi connectivity index (χ0v) is 12.9. The lowest BCUT2D eigenvalue weighted by Crippen LogP contribution is -2.06. The Morgan fingerprint density at radius 2 is 1.86 bits per heavy atom. The molecule has 2 heterocycles. The Hall–Kier alpha value is -2.67. The van der Waals surface area contributed by atoms with Crippen molar-refractivity contribution in [1.29, 1.82) is 0 Å². The molecule has 0 saturated heterocycles. The van der Waals surface area contributed by atoms with Crippen molar-refractivity contribution < 1.29 is 0 Å². The summed E-state index contributed by atoms with van der Waals surface area (Å²) in [6, 6.07) is 8.08. The predicted octanol–water partition coefficient (Wildman–Crippen LogP) is 3.56. The van der Waals surface area contributed by atoms with Gasteiger partial charge in [-0.1, -0.05) is 25.1 Å². The largest absolute Gasteiger partial charge is 0.393 e. The molecule has 0 spiro atoms. The first-order valence-corrected chi connectivity index (χ1v) is 7.77. The number of aromatic nitrogens is 3. The Kier molecular flexibility index (Phi) is 4.15. The van der Waals surface area contributed by atoms with Gasteiger partial charge in [-0.15, -0.1) is 11.3 Å². The standard InChI is InChI=1S/C15H16N6S/c1-2-10-5-3-4-6-11(10)20-13-12(16)14(19-9-18-13)21-15-17-7-8-22-15/h3-9H,2,16H2,1H3,(H2,17,18,19,20,21). The maximum Gasteiger partial charge on any atom is 0.188 e. The molecule has 0 amide bonds. The molecule has 22 heavy (non-hydrogen) atoms. The normalized spacial score (nSPS) is 10.4. The van der Waals surface area contributed by atoms with Gasteiger partial charge in [0.25, 0.3) is 0 Å². The maximum absolute atomic E-state index is 6.17. The van der Waals surface area contributed by atoms with Crippen LogP contribution < -0.4 is 16.4 Å². The topological polar surface area (TPSA) is 88.8 Å². The van der Waals surface area contributed by atoms with Gasteiger partial charge in [0.2, 0.25) is 0 Å². The number of aryl methyl sites for hydroxylation is 1. The highest BCUT2D eigenvalue weighted by molar-refractivity contribution is 7.13. The lowest BCUT2D eigenvalue weighted by Gasteiger charge is -2.13. The second-order valence-corrected chi connectivity index (χ2v) is 5.48. The van der Waals surface area contributed by atoms with Crippen molar-refractivity contribution in [3.8, 4) is 0 Å². The quantitative estimate of drug-likeness (QED) is 0.667. The zero-order chi connectivity index (χ0) is 15.4. The summed E-state index contributed by atoms with van der Waals surface area (Å²) >= 11 is 1.48. The molecular weight excluding hydrogens is 296 g/mol. The van der Waals surface area contributed by atoms with E-state index in [-0.39, 0.29) is 0 Å². The van der Waals surface area contributed by atoms with Gasteiger partial charge in [0.05, 0.1) is 0 Å². The molecular formula is C15H16N6S. The number of nitrogens with zero attached hydrogens (tertiary/aromatic N) is 3. The van der Waals surface area contributed by atoms with Crippen LogP contribution >= 0.6 is 11.3 Å². The molecule has 0 fully saturated rings. The summed E-state index contributed by atoms with van der Waals surface area (Å²) < 4.78 is 0. The van der Waals surface area contributed by atoms with Crippen molar-refractivity contribution in [2.45, 2.75) is 13.3 Å². The van der Waals surface area contributed by atoms with E-state index in [9.17, 15) is 0 Å². The van der Waals surface area contributed by atoms with Crippen LogP contribution in [0.25, 0.3) is 0 Å². The molecule has 0 atom stereocenters. The molecule has 0 unspecified atom stereocenters. The molecule has 7 heteroatoms. The Bertz CT molecular complexity index is 756. The van der Waals surface area contributed by atoms with E-state index >= 15 is 0 Å². The van der Waals surface area contributed by atoms with Crippen LogP contribution in [-0.4, -0.2) is 15.0 Å². The summed E-state index contributed by atoms with van der Waals surface area (Å²) in [7, 11) is 0. The van der Waals surface area contributed by atoms with Crippen LogP contribution in [0.5, 0.6) is 0 Å². The van der Waals surface area contributed by atoms with Crippen LogP contribution in [0.3, 0.4) is 0 Å². The number of hydrogen-bond acceptors (Lipinski definition) is 7. The van der Waals surface area contributed by atoms with E-state index in [2.05, 4.69) is 38.6 Å². The van der Waals surface area contributed by atoms with E-state index in [1.54, 1.807) is 6.20 Å². The molecule has 0 aliphatic heterocycles. The molecule has 0 saturated carbocycles. The van der Waals surface area contributed by atoms with Crippen molar-refractivity contribution in [1.82, 2.24) is 15.0 Å². The first-order valence-electron chi connectivity index (χ1n) is 6.90. The van der Waals surface area contributed by atoms with Gasteiger partial charge in [0.1, 0.15) is 12.0 Å². The molecule has 2 aromatic heterocycles. The van der Waals surface area contributed by atoms with Crippen molar-refractivity contribution in [3.05, 3.63) is 47.7 Å². The van der Waals surface area contributed by atoms with Crippen molar-refractivity contribution in [2.24, 2.45) is 0 Å². The van der Waals surface area contributed by atoms with Crippen LogP contribution in [-0.2, 0) is 6.42 Å². The monoisotopic (exact) mass is 312 g/mol. The van der Waals surface area contributed by atoms with Crippen molar-refractivity contribution in [3.63, 3.8) is 0 Å². The summed E-state index contributed by atoms with van der Waals surface area (Å²) in [5, 5.41) is 9.00. The van der Waals surface area contributed by atoms with Crippen LogP contribution in [0, 0.1) is 0 Å². The van der Waals surface area contributed by atoms with Crippen molar-refractivity contribution in [2.75, 3.05) is 16.4 Å². The maximum atomic E-state index is 6.17. The van der Waals surface area contributed by atoms with Gasteiger partial charge in [-0.2, -0.15) is 0 Å². The van der Waals surface area contributed by atoms with Gasteiger partial charge >= 0.3 is 0 Å². The molecule has 0 aliphatic carbocycles. The zero-order valence-electron chi connectivity index (χ0n) is 12.1. The Labute approximate surface area is 132 Å². The summed E-state index contributed by atoms with van der Waals surface area (Å²) in [4.78, 5) is 12.6. The highest BCUT2D eigenvalue weighted by Crippen LogP contribution is 2.29. The molecule has 3 rings (SSSR count). The molecule has 3 aromatic rings. The Morgan fingerprint density at radius 1 is 1.09 bits per heavy atom. The highest BCUT2D eigenvalue weighted by Gasteiger charge is 2.10. The van der Waals surface area contributed by atoms with Crippen molar-refractivity contribution >= 4 is 39.5 Å². The van der Waals surface area contributed by atoms with Crippen LogP contribution in [0.4, 0.5) is 28.1 Å². The molecule has 0 aliphatic rings. The van der Waals surface area contributed by atoms with E-state index < -0.39 is 0 Å². The van der Waals surface area contributed by atoms with Gasteiger partial charge in [-0.3, -0.25) is 0 Å². The van der Waals surface area contributed by atoms with Gasteiger partial charge in [0, 0.05) is 17.3 Å². The lowest BCUT2D eigenvalue weighted by atomic mass is 10.1. The number of nitrogens with two attached hydrogens (primary N) is 1. The smallest absolute Gasteiger partial charge is 0.188 e. The Balaban J connectivity index is 1.88. The second kappa shape index (κ2) is 6.40. The van der Waals surface area contributed by atoms with E-state index in [1.807, 2.05) is 23.6 Å². The number of nitrogen functional groups attached to an aromatic ring is 1. The fraction of sp³-hybridized carbons (Fsp3) is 0.133. The molecule has 4 N–H and O–H groups in total. The minimum absolute atomic E-state index is 0.462. The molecule has 0 bridgehead atoms. The number of thiazole rings is 1. The molecule has 1 aromatic carbocycles. The number of benzene rings is 1. The SMILES string of the molecule is CCc1ccccc1Nc1ncnc(Nc2nccs2)c1N. The van der Waals surface area contributed by atoms with E-state index in [0.717, 1.165) is 17.2 Å². The summed E-state index contributed by atoms with van der Waals surface area (Å²) in [5.41, 5.74) is 8.83. The minimum atomic E-state index is 0.462. The van der Waals surface area contributed by atoms with Crippen LogP contribution in [0.1, 0.15) is 12.5 Å². The third-order valence-corrected chi connectivity index (χ3v) is 3.88. The molecule has 112 valence electrons. The van der Waals surface area contributed by atoms with Crippen LogP contribution in [0.2, 0.25) is 0 Å². The first kappa shape index (κ1) is 14.3. The fourth-order valence-electron chi connectivity index (χ4n) is 2.06. The van der Waals surface area contributed by atoms with E-state index in [1.165, 1.54) is 23.2 Å². The average molecular weight is 312 g/mol. The average Bonchev–Trinajstić information content (AvgIpc) is 3.05. The highest BCUT2D eigenvalue weighted by atomic mass is 32.1. The second-order valence-electron chi connectivity index (χ2n) is 4.58. The third-order valence-electron chi connectivity index (χ3n) is 3.19. The van der Waals surface area contributed by atoms with Gasteiger partial charge in [0.15, 0.2) is 16.8 Å². The van der Waals surface area contributed by atoms with Gasteiger partial charge < -0.3 is 16.4 Å². The lowest BCUT2D eigenvalue weighted by molar-refractivity contribution is 1.13. The molecule has 6 nitrogen and oxygen atoms in total. The minimum Gasteiger partial charge on any atom is -0.393 e. The number of anilines is 5. The van der Waals surface area contributed by atoms with Crippen LogP contribution in [0.15, 0.2) is 42.2 Å². The number of hydrogen-bond donors (Lipinski definition) is 3. The van der Waals surface area contributed by atoms with Gasteiger partial charge in [-0.25, -0.2) is 15.0 Å². The fourth-order valence-corrected chi connectivity index (χ4v) is 2.59. The summed E-state index contributed by atoms with van der Waals surface area (Å²) in [6.07, 6.45) is 4.13. The molecule has 0 radical (unpaired) electrons. The first-order chi connectivity index (χ1) is 10.8. The summed E-state index contributed by atoms with van der Waals surface area (Å²) in [5.74, 6) is 1.12.